The zero-order chi connectivity index (χ0) is 22.2. The van der Waals surface area contributed by atoms with Crippen LogP contribution in [-0.2, 0) is 6.54 Å². The molecule has 1 aliphatic heterocycles. The van der Waals surface area contributed by atoms with E-state index in [2.05, 4.69) is 54.9 Å². The summed E-state index contributed by atoms with van der Waals surface area (Å²) in [6.45, 7) is 3.73. The molecule has 4 rings (SSSR count). The summed E-state index contributed by atoms with van der Waals surface area (Å²) < 4.78 is 7.07. The molecule has 1 fully saturated rings. The Balaban J connectivity index is 0.00000306. The SMILES string of the molecule is CN=C(NCc1ccc(-n2cncn2)cc1)NCC(c1ccc(OC)cc1)N1CCCC1.I. The van der Waals surface area contributed by atoms with Crippen molar-refractivity contribution in [3.8, 4) is 11.4 Å². The van der Waals surface area contributed by atoms with E-state index in [1.807, 2.05) is 24.3 Å². The Morgan fingerprint density at radius 3 is 2.39 bits per heavy atom. The van der Waals surface area contributed by atoms with Gasteiger partial charge in [0.2, 0.25) is 0 Å². The highest BCUT2D eigenvalue weighted by Gasteiger charge is 2.23. The van der Waals surface area contributed by atoms with Crippen LogP contribution in [0.5, 0.6) is 5.75 Å². The van der Waals surface area contributed by atoms with Crippen molar-refractivity contribution in [2.75, 3.05) is 33.8 Å². The number of guanidine groups is 1. The number of methoxy groups -OCH3 is 1. The lowest BCUT2D eigenvalue weighted by atomic mass is 10.1. The Morgan fingerprint density at radius 1 is 1.06 bits per heavy atom. The van der Waals surface area contributed by atoms with Crippen molar-refractivity contribution < 1.29 is 4.74 Å². The standard InChI is InChI=1S/C24H31N7O.HI/c1-25-24(27-15-19-5-9-21(10-6-19)31-18-26-17-29-31)28-16-23(30-13-3-4-14-30)20-7-11-22(32-2)12-8-20;/h5-12,17-18,23H,3-4,13-16H2,1-2H3,(H2,25,27,28);1H. The van der Waals surface area contributed by atoms with Gasteiger partial charge in [-0.2, -0.15) is 5.10 Å². The van der Waals surface area contributed by atoms with E-state index in [1.165, 1.54) is 30.3 Å². The van der Waals surface area contributed by atoms with Crippen LogP contribution in [-0.4, -0.2) is 59.4 Å². The van der Waals surface area contributed by atoms with Crippen molar-refractivity contribution in [3.05, 3.63) is 72.3 Å². The largest absolute Gasteiger partial charge is 0.497 e. The highest BCUT2D eigenvalue weighted by molar-refractivity contribution is 14.0. The second-order valence-electron chi connectivity index (χ2n) is 7.85. The van der Waals surface area contributed by atoms with Gasteiger partial charge in [0.25, 0.3) is 0 Å². The molecule has 0 bridgehead atoms. The van der Waals surface area contributed by atoms with E-state index in [0.717, 1.165) is 37.0 Å². The maximum absolute atomic E-state index is 5.33. The van der Waals surface area contributed by atoms with Crippen LogP contribution in [0.1, 0.15) is 30.0 Å². The van der Waals surface area contributed by atoms with E-state index >= 15 is 0 Å². The first-order chi connectivity index (χ1) is 15.8. The highest BCUT2D eigenvalue weighted by Crippen LogP contribution is 2.26. The molecule has 2 heterocycles. The zero-order valence-electron chi connectivity index (χ0n) is 19.1. The molecule has 1 aromatic heterocycles. The number of nitrogens with one attached hydrogen (secondary N) is 2. The lowest BCUT2D eigenvalue weighted by Gasteiger charge is -2.29. The van der Waals surface area contributed by atoms with E-state index in [1.54, 1.807) is 25.2 Å². The van der Waals surface area contributed by atoms with Crippen LogP contribution >= 0.6 is 24.0 Å². The number of hydrogen-bond acceptors (Lipinski definition) is 5. The normalized spacial score (nSPS) is 15.0. The quantitative estimate of drug-likeness (QED) is 0.250. The van der Waals surface area contributed by atoms with Gasteiger partial charge in [-0.05, 0) is 61.3 Å². The highest BCUT2D eigenvalue weighted by atomic mass is 127. The van der Waals surface area contributed by atoms with Gasteiger partial charge in [-0.15, -0.1) is 24.0 Å². The molecule has 8 nitrogen and oxygen atoms in total. The number of aromatic nitrogens is 3. The predicted octanol–water partition coefficient (Wildman–Crippen LogP) is 3.40. The summed E-state index contributed by atoms with van der Waals surface area (Å²) in [5, 5.41) is 11.1. The van der Waals surface area contributed by atoms with Crippen LogP contribution in [0, 0.1) is 0 Å². The summed E-state index contributed by atoms with van der Waals surface area (Å²) in [5.74, 6) is 1.68. The molecular weight excluding hydrogens is 529 g/mol. The van der Waals surface area contributed by atoms with Gasteiger partial charge in [0.15, 0.2) is 5.96 Å². The number of hydrogen-bond donors (Lipinski definition) is 2. The van der Waals surface area contributed by atoms with E-state index in [0.29, 0.717) is 12.6 Å². The summed E-state index contributed by atoms with van der Waals surface area (Å²) in [7, 11) is 3.51. The molecule has 3 aromatic rings. The number of rotatable bonds is 8. The summed E-state index contributed by atoms with van der Waals surface area (Å²) in [4.78, 5) is 11.0. The van der Waals surface area contributed by atoms with Crippen molar-refractivity contribution in [3.63, 3.8) is 0 Å². The minimum atomic E-state index is 0. The van der Waals surface area contributed by atoms with Crippen molar-refractivity contribution in [2.45, 2.75) is 25.4 Å². The Bertz CT molecular complexity index is 985. The van der Waals surface area contributed by atoms with E-state index < -0.39 is 0 Å². The molecule has 0 radical (unpaired) electrons. The topological polar surface area (TPSA) is 79.6 Å². The first kappa shape index (κ1) is 25.0. The van der Waals surface area contributed by atoms with Crippen molar-refractivity contribution in [2.24, 2.45) is 4.99 Å². The molecule has 2 aromatic carbocycles. The molecule has 2 N–H and O–H groups in total. The van der Waals surface area contributed by atoms with Gasteiger partial charge in [-0.25, -0.2) is 9.67 Å². The van der Waals surface area contributed by atoms with Gasteiger partial charge in [0.1, 0.15) is 18.4 Å². The van der Waals surface area contributed by atoms with Crippen molar-refractivity contribution >= 4 is 29.9 Å². The molecule has 1 unspecified atom stereocenters. The Hall–Kier alpha value is -2.66. The number of nitrogens with zero attached hydrogens (tertiary/aromatic N) is 5. The van der Waals surface area contributed by atoms with Gasteiger partial charge in [0.05, 0.1) is 18.8 Å². The van der Waals surface area contributed by atoms with Crippen LogP contribution in [0.15, 0.2) is 66.2 Å². The monoisotopic (exact) mass is 561 g/mol. The molecule has 1 atom stereocenters. The maximum Gasteiger partial charge on any atom is 0.191 e. The number of ether oxygens (including phenoxy) is 1. The molecule has 1 aliphatic rings. The molecule has 9 heteroatoms. The fourth-order valence-electron chi connectivity index (χ4n) is 4.04. The third kappa shape index (κ3) is 6.67. The van der Waals surface area contributed by atoms with Crippen molar-refractivity contribution in [1.29, 1.82) is 0 Å². The van der Waals surface area contributed by atoms with Crippen LogP contribution in [0.4, 0.5) is 0 Å². The first-order valence-corrected chi connectivity index (χ1v) is 11.0. The molecule has 33 heavy (non-hydrogen) atoms. The number of halogens is 1. The number of aliphatic imine (C=N–C) groups is 1. The van der Waals surface area contributed by atoms with E-state index in [-0.39, 0.29) is 24.0 Å². The summed E-state index contributed by atoms with van der Waals surface area (Å²) in [5.41, 5.74) is 3.45. The van der Waals surface area contributed by atoms with E-state index in [9.17, 15) is 0 Å². The second-order valence-corrected chi connectivity index (χ2v) is 7.85. The lowest BCUT2D eigenvalue weighted by molar-refractivity contribution is 0.245. The molecule has 0 aliphatic carbocycles. The molecular formula is C24H32IN7O. The summed E-state index contributed by atoms with van der Waals surface area (Å²) in [6.07, 6.45) is 5.74. The number of benzene rings is 2. The molecule has 176 valence electrons. The molecule has 1 saturated heterocycles. The zero-order valence-corrected chi connectivity index (χ0v) is 21.5. The minimum absolute atomic E-state index is 0. The molecule has 0 saturated carbocycles. The molecule has 0 amide bonds. The average molecular weight is 561 g/mol. The smallest absolute Gasteiger partial charge is 0.191 e. The van der Waals surface area contributed by atoms with Gasteiger partial charge in [0, 0.05) is 20.1 Å². The number of likely N-dealkylation sites (tertiary alicyclic amines) is 1. The van der Waals surface area contributed by atoms with Gasteiger partial charge >= 0.3 is 0 Å². The average Bonchev–Trinajstić information content (AvgIpc) is 3.57. The predicted molar refractivity (Wildman–Crippen MR) is 142 cm³/mol. The first-order valence-electron chi connectivity index (χ1n) is 11.0. The van der Waals surface area contributed by atoms with E-state index in [4.69, 9.17) is 4.74 Å². The fourth-order valence-corrected chi connectivity index (χ4v) is 4.04. The van der Waals surface area contributed by atoms with Crippen LogP contribution in [0.25, 0.3) is 5.69 Å². The Kier molecular flexibility index (Phi) is 9.49. The fraction of sp³-hybridized carbons (Fsp3) is 0.375. The molecule has 0 spiro atoms. The maximum atomic E-state index is 5.33. The lowest BCUT2D eigenvalue weighted by Crippen LogP contribution is -2.42. The minimum Gasteiger partial charge on any atom is -0.497 e. The van der Waals surface area contributed by atoms with Crippen molar-refractivity contribution in [1.82, 2.24) is 30.3 Å². The van der Waals surface area contributed by atoms with Crippen LogP contribution in [0.2, 0.25) is 0 Å². The van der Waals surface area contributed by atoms with Crippen LogP contribution in [0.3, 0.4) is 0 Å². The second kappa shape index (κ2) is 12.5. The van der Waals surface area contributed by atoms with Gasteiger partial charge < -0.3 is 15.4 Å². The third-order valence-electron chi connectivity index (χ3n) is 5.85. The summed E-state index contributed by atoms with van der Waals surface area (Å²) >= 11 is 0. The Morgan fingerprint density at radius 2 is 1.79 bits per heavy atom. The van der Waals surface area contributed by atoms with Gasteiger partial charge in [-0.1, -0.05) is 24.3 Å². The van der Waals surface area contributed by atoms with Crippen LogP contribution < -0.4 is 15.4 Å². The van der Waals surface area contributed by atoms with Gasteiger partial charge in [-0.3, -0.25) is 9.89 Å². The third-order valence-corrected chi connectivity index (χ3v) is 5.85. The Labute approximate surface area is 212 Å². The summed E-state index contributed by atoms with van der Waals surface area (Å²) in [6, 6.07) is 16.9.